The number of hydrogen-bond donors (Lipinski definition) is 1. The van der Waals surface area contributed by atoms with Gasteiger partial charge in [0.05, 0.1) is 32.7 Å². The zero-order valence-electron chi connectivity index (χ0n) is 11.4. The first-order chi connectivity index (χ1) is 9.01. The van der Waals surface area contributed by atoms with Gasteiger partial charge in [0.15, 0.2) is 0 Å². The molecule has 0 aromatic carbocycles. The van der Waals surface area contributed by atoms with E-state index in [0.717, 1.165) is 33.1 Å². The van der Waals surface area contributed by atoms with Crippen LogP contribution in [0.3, 0.4) is 0 Å². The van der Waals surface area contributed by atoms with Crippen LogP contribution in [0.15, 0.2) is 9.85 Å². The van der Waals surface area contributed by atoms with Crippen molar-refractivity contribution in [2.75, 3.05) is 0 Å². The molecule has 0 saturated heterocycles. The molecule has 1 N–H and O–H groups in total. The number of thiazole rings is 1. The number of rotatable bonds is 5. The molecule has 104 valence electrons. The van der Waals surface area contributed by atoms with Crippen LogP contribution in [-0.4, -0.2) is 26.0 Å². The maximum Gasteiger partial charge on any atom is 0.0897 e. The fraction of sp³-hybridized carbons (Fsp3) is 0.538. The van der Waals surface area contributed by atoms with Crippen LogP contribution in [0.1, 0.15) is 29.0 Å². The highest BCUT2D eigenvalue weighted by Crippen LogP contribution is 2.23. The normalized spacial score (nSPS) is 12.9. The van der Waals surface area contributed by atoms with Crippen molar-refractivity contribution in [3.63, 3.8) is 0 Å². The van der Waals surface area contributed by atoms with Crippen molar-refractivity contribution < 1.29 is 5.11 Å². The third kappa shape index (κ3) is 3.43. The Labute approximate surface area is 125 Å². The molecule has 1 atom stereocenters. The zero-order chi connectivity index (χ0) is 14.0. The lowest BCUT2D eigenvalue weighted by Crippen LogP contribution is -2.17. The summed E-state index contributed by atoms with van der Waals surface area (Å²) in [6, 6.07) is 0. The Kier molecular flexibility index (Phi) is 4.76. The van der Waals surface area contributed by atoms with Gasteiger partial charge < -0.3 is 5.11 Å². The molecule has 0 aliphatic heterocycles. The Morgan fingerprint density at radius 1 is 1.42 bits per heavy atom. The third-order valence-electron chi connectivity index (χ3n) is 2.99. The van der Waals surface area contributed by atoms with Crippen LogP contribution in [-0.2, 0) is 19.4 Å². The summed E-state index contributed by atoms with van der Waals surface area (Å²) >= 11 is 5.17. The lowest BCUT2D eigenvalue weighted by Gasteiger charge is -2.11. The average molecular weight is 344 g/mol. The molecule has 2 heterocycles. The SMILES string of the molecule is CCn1nc(C)c(Br)c1CC(O)Cc1csc(C)n1. The number of aromatic nitrogens is 3. The maximum atomic E-state index is 10.2. The Bertz CT molecular complexity index is 564. The van der Waals surface area contributed by atoms with Crippen molar-refractivity contribution in [2.45, 2.75) is 46.3 Å². The van der Waals surface area contributed by atoms with Crippen molar-refractivity contribution in [2.24, 2.45) is 0 Å². The van der Waals surface area contributed by atoms with Crippen LogP contribution in [0.5, 0.6) is 0 Å². The van der Waals surface area contributed by atoms with Gasteiger partial charge in [0, 0.05) is 24.8 Å². The lowest BCUT2D eigenvalue weighted by atomic mass is 10.1. The molecular formula is C13H18BrN3OS. The van der Waals surface area contributed by atoms with Crippen LogP contribution < -0.4 is 0 Å². The van der Waals surface area contributed by atoms with E-state index in [1.807, 2.05) is 23.9 Å². The molecule has 0 spiro atoms. The molecule has 1 unspecified atom stereocenters. The number of aryl methyl sites for hydroxylation is 3. The summed E-state index contributed by atoms with van der Waals surface area (Å²) in [5.74, 6) is 0. The second-order valence-electron chi connectivity index (χ2n) is 4.58. The van der Waals surface area contributed by atoms with Crippen molar-refractivity contribution in [3.05, 3.63) is 31.9 Å². The van der Waals surface area contributed by atoms with E-state index in [2.05, 4.69) is 32.9 Å². The van der Waals surface area contributed by atoms with Gasteiger partial charge in [-0.05, 0) is 36.7 Å². The molecule has 2 rings (SSSR count). The number of halogens is 1. The first kappa shape index (κ1) is 14.7. The first-order valence-corrected chi connectivity index (χ1v) is 7.99. The molecule has 19 heavy (non-hydrogen) atoms. The smallest absolute Gasteiger partial charge is 0.0897 e. The van der Waals surface area contributed by atoms with Crippen LogP contribution in [0.4, 0.5) is 0 Å². The van der Waals surface area contributed by atoms with E-state index in [1.54, 1.807) is 11.3 Å². The lowest BCUT2D eigenvalue weighted by molar-refractivity contribution is 0.171. The maximum absolute atomic E-state index is 10.2. The minimum Gasteiger partial charge on any atom is -0.392 e. The molecule has 2 aromatic heterocycles. The number of aliphatic hydroxyl groups is 1. The standard InChI is InChI=1S/C13H18BrN3OS/c1-4-17-12(13(14)8(2)16-17)6-11(18)5-10-7-19-9(3)15-10/h7,11,18H,4-6H2,1-3H3. The summed E-state index contributed by atoms with van der Waals surface area (Å²) in [7, 11) is 0. The van der Waals surface area contributed by atoms with Crippen LogP contribution >= 0.6 is 27.3 Å². The Balaban J connectivity index is 2.08. The molecule has 0 aliphatic carbocycles. The molecule has 0 bridgehead atoms. The topological polar surface area (TPSA) is 50.9 Å². The first-order valence-electron chi connectivity index (χ1n) is 6.32. The summed E-state index contributed by atoms with van der Waals surface area (Å²) < 4.78 is 2.94. The van der Waals surface area contributed by atoms with Gasteiger partial charge in [-0.15, -0.1) is 11.3 Å². The highest BCUT2D eigenvalue weighted by atomic mass is 79.9. The number of hydrogen-bond acceptors (Lipinski definition) is 4. The molecule has 0 radical (unpaired) electrons. The van der Waals surface area contributed by atoms with E-state index in [-0.39, 0.29) is 0 Å². The van der Waals surface area contributed by atoms with Gasteiger partial charge >= 0.3 is 0 Å². The highest BCUT2D eigenvalue weighted by molar-refractivity contribution is 9.10. The van der Waals surface area contributed by atoms with Gasteiger partial charge in [0.25, 0.3) is 0 Å². The van der Waals surface area contributed by atoms with E-state index in [1.165, 1.54) is 0 Å². The van der Waals surface area contributed by atoms with Crippen LogP contribution in [0, 0.1) is 13.8 Å². The van der Waals surface area contributed by atoms with Gasteiger partial charge in [-0.3, -0.25) is 4.68 Å². The van der Waals surface area contributed by atoms with Gasteiger partial charge in [-0.1, -0.05) is 0 Å². The fourth-order valence-corrected chi connectivity index (χ4v) is 3.17. The summed E-state index contributed by atoms with van der Waals surface area (Å²) in [6.45, 7) is 6.81. The summed E-state index contributed by atoms with van der Waals surface area (Å²) in [4.78, 5) is 4.39. The molecular weight excluding hydrogens is 326 g/mol. The third-order valence-corrected chi connectivity index (χ3v) is 4.85. The second-order valence-corrected chi connectivity index (χ2v) is 6.44. The van der Waals surface area contributed by atoms with Gasteiger partial charge in [-0.2, -0.15) is 5.10 Å². The van der Waals surface area contributed by atoms with Crippen LogP contribution in [0.2, 0.25) is 0 Å². The van der Waals surface area contributed by atoms with E-state index in [4.69, 9.17) is 0 Å². The van der Waals surface area contributed by atoms with Crippen LogP contribution in [0.25, 0.3) is 0 Å². The van der Waals surface area contributed by atoms with Gasteiger partial charge in [-0.25, -0.2) is 4.98 Å². The molecule has 0 amide bonds. The average Bonchev–Trinajstić information content (AvgIpc) is 2.87. The largest absolute Gasteiger partial charge is 0.392 e. The minimum atomic E-state index is -0.431. The van der Waals surface area contributed by atoms with Crippen molar-refractivity contribution in [1.29, 1.82) is 0 Å². The van der Waals surface area contributed by atoms with E-state index < -0.39 is 6.10 Å². The number of aliphatic hydroxyl groups excluding tert-OH is 1. The number of nitrogens with zero attached hydrogens (tertiary/aromatic N) is 3. The Hall–Kier alpha value is -0.720. The molecule has 0 fully saturated rings. The monoisotopic (exact) mass is 343 g/mol. The Morgan fingerprint density at radius 2 is 2.16 bits per heavy atom. The fourth-order valence-electron chi connectivity index (χ4n) is 2.10. The van der Waals surface area contributed by atoms with E-state index in [0.29, 0.717) is 12.8 Å². The molecule has 2 aromatic rings. The van der Waals surface area contributed by atoms with E-state index in [9.17, 15) is 5.11 Å². The zero-order valence-corrected chi connectivity index (χ0v) is 13.8. The predicted octanol–water partition coefficient (Wildman–Crippen LogP) is 2.88. The highest BCUT2D eigenvalue weighted by Gasteiger charge is 2.17. The molecule has 0 saturated carbocycles. The van der Waals surface area contributed by atoms with Gasteiger partial charge in [0.2, 0.25) is 0 Å². The summed E-state index contributed by atoms with van der Waals surface area (Å²) in [6.07, 6.45) is 0.746. The second kappa shape index (κ2) is 6.15. The summed E-state index contributed by atoms with van der Waals surface area (Å²) in [5.41, 5.74) is 2.98. The predicted molar refractivity (Wildman–Crippen MR) is 80.6 cm³/mol. The molecule has 6 heteroatoms. The van der Waals surface area contributed by atoms with Crippen molar-refractivity contribution in [3.8, 4) is 0 Å². The van der Waals surface area contributed by atoms with Crippen molar-refractivity contribution >= 4 is 27.3 Å². The van der Waals surface area contributed by atoms with Gasteiger partial charge in [0.1, 0.15) is 0 Å². The molecule has 0 aliphatic rings. The summed E-state index contributed by atoms with van der Waals surface area (Å²) in [5, 5.41) is 17.7. The quantitative estimate of drug-likeness (QED) is 0.907. The minimum absolute atomic E-state index is 0.431. The van der Waals surface area contributed by atoms with E-state index >= 15 is 0 Å². The Morgan fingerprint density at radius 3 is 2.74 bits per heavy atom. The van der Waals surface area contributed by atoms with Crippen molar-refractivity contribution in [1.82, 2.24) is 14.8 Å². The molecule has 4 nitrogen and oxygen atoms in total.